The first-order valence-corrected chi connectivity index (χ1v) is 10.5. The molecule has 3 aromatic heterocycles. The molecule has 4 aromatic rings. The van der Waals surface area contributed by atoms with Crippen molar-refractivity contribution in [2.24, 2.45) is 5.73 Å². The van der Waals surface area contributed by atoms with Gasteiger partial charge in [0.1, 0.15) is 5.56 Å². The molecule has 11 nitrogen and oxygen atoms in total. The van der Waals surface area contributed by atoms with Crippen molar-refractivity contribution in [3.05, 3.63) is 57.4 Å². The van der Waals surface area contributed by atoms with E-state index in [1.165, 1.54) is 18.3 Å². The molecule has 3 heterocycles. The smallest absolute Gasteiger partial charge is 0.290 e. The first kappa shape index (κ1) is 24.2. The maximum atomic E-state index is 12.5. The van der Waals surface area contributed by atoms with Crippen LogP contribution in [0.3, 0.4) is 0 Å². The number of anilines is 2. The van der Waals surface area contributed by atoms with Crippen LogP contribution in [-0.2, 0) is 6.54 Å². The number of primary amides is 1. The molecule has 0 aliphatic carbocycles. The zero-order valence-corrected chi connectivity index (χ0v) is 19.0. The molecule has 0 radical (unpaired) electrons. The van der Waals surface area contributed by atoms with Gasteiger partial charge in [0, 0.05) is 12.6 Å². The summed E-state index contributed by atoms with van der Waals surface area (Å²) in [6, 6.07) is 5.88. The molecular formula is C20H15Cl2F2N7O4. The summed E-state index contributed by atoms with van der Waals surface area (Å²) in [6.45, 7) is -0.919. The normalized spacial score (nSPS) is 11.1. The van der Waals surface area contributed by atoms with E-state index in [1.807, 2.05) is 0 Å². The topological polar surface area (TPSA) is 161 Å². The molecule has 5 N–H and O–H groups in total. The summed E-state index contributed by atoms with van der Waals surface area (Å²) in [5.74, 6) is -1.61. The summed E-state index contributed by atoms with van der Waals surface area (Å²) in [7, 11) is 0. The molecule has 1 aromatic carbocycles. The quantitative estimate of drug-likeness (QED) is 0.257. The number of rotatable bonds is 9. The highest BCUT2D eigenvalue weighted by molar-refractivity contribution is 6.39. The molecule has 4 rings (SSSR count). The van der Waals surface area contributed by atoms with Crippen LogP contribution < -0.4 is 21.1 Å². The van der Waals surface area contributed by atoms with Crippen LogP contribution in [0.25, 0.3) is 11.2 Å². The highest BCUT2D eigenvalue weighted by atomic mass is 35.5. The van der Waals surface area contributed by atoms with Gasteiger partial charge < -0.3 is 30.6 Å². The van der Waals surface area contributed by atoms with Gasteiger partial charge in [-0.05, 0) is 17.7 Å². The number of aromatic amines is 1. The molecule has 15 heteroatoms. The Morgan fingerprint density at radius 1 is 1.23 bits per heavy atom. The Morgan fingerprint density at radius 2 is 2.03 bits per heavy atom. The zero-order valence-electron chi connectivity index (χ0n) is 17.4. The second-order valence-corrected chi connectivity index (χ2v) is 7.73. The number of benzene rings is 1. The molecule has 0 aliphatic rings. The maximum absolute atomic E-state index is 12.5. The molecule has 0 bridgehead atoms. The Labute approximate surface area is 204 Å². The third-order valence-electron chi connectivity index (χ3n) is 4.57. The molecule has 0 saturated heterocycles. The lowest BCUT2D eigenvalue weighted by Crippen LogP contribution is -2.22. The number of aromatic nitrogens is 4. The van der Waals surface area contributed by atoms with Crippen molar-refractivity contribution in [1.82, 2.24) is 25.4 Å². The summed E-state index contributed by atoms with van der Waals surface area (Å²) >= 11 is 12.8. The van der Waals surface area contributed by atoms with Crippen molar-refractivity contribution in [1.29, 1.82) is 0 Å². The van der Waals surface area contributed by atoms with Crippen LogP contribution in [0.4, 0.5) is 20.4 Å². The molecule has 0 fully saturated rings. The predicted molar refractivity (Wildman–Crippen MR) is 121 cm³/mol. The average Bonchev–Trinajstić information content (AvgIpc) is 3.48. The van der Waals surface area contributed by atoms with E-state index in [-0.39, 0.29) is 56.6 Å². The minimum atomic E-state index is -2.78. The molecule has 0 spiro atoms. The van der Waals surface area contributed by atoms with E-state index in [4.69, 9.17) is 38.2 Å². The summed E-state index contributed by atoms with van der Waals surface area (Å²) in [6.07, 6.45) is -1.43. The Balaban J connectivity index is 1.58. The predicted octanol–water partition coefficient (Wildman–Crippen LogP) is 3.67. The van der Waals surface area contributed by atoms with Gasteiger partial charge in [-0.25, -0.2) is 8.78 Å². The van der Waals surface area contributed by atoms with Gasteiger partial charge in [-0.2, -0.15) is 9.97 Å². The SMILES string of the molecule is NC(=O)c1cc2[nH]c(Nc3c(Cl)ccc(CNC(=O)c4ccno4)c3Cl)nc2nc1OCC(F)F. The number of alkyl halides is 2. The Kier molecular flexibility index (Phi) is 6.98. The van der Waals surface area contributed by atoms with Crippen molar-refractivity contribution >= 4 is 57.8 Å². The number of pyridine rings is 1. The van der Waals surface area contributed by atoms with E-state index < -0.39 is 24.8 Å². The number of nitrogens with one attached hydrogen (secondary N) is 3. The number of nitrogens with zero attached hydrogens (tertiary/aromatic N) is 3. The minimum absolute atomic E-state index is 0.0374. The Hall–Kier alpha value is -3.97. The number of imidazole rings is 1. The molecule has 0 atom stereocenters. The second-order valence-electron chi connectivity index (χ2n) is 6.94. The number of hydrogen-bond donors (Lipinski definition) is 4. The monoisotopic (exact) mass is 525 g/mol. The van der Waals surface area contributed by atoms with Gasteiger partial charge in [0.15, 0.2) is 12.3 Å². The third-order valence-corrected chi connectivity index (χ3v) is 5.31. The standard InChI is InChI=1S/C20H15Cl2F2N7O4/c21-10-2-1-8(6-26-18(33)12-3-4-27-35-12)14(22)15(10)29-20-28-11-5-9(16(25)32)19(30-17(11)31-20)34-7-13(23)24/h1-5,13H,6-7H2,(H2,25,32)(H,26,33)(H2,28,29,30,31). The lowest BCUT2D eigenvalue weighted by molar-refractivity contribution is 0.0780. The molecular weight excluding hydrogens is 511 g/mol. The van der Waals surface area contributed by atoms with Gasteiger partial charge in [0.25, 0.3) is 18.2 Å². The van der Waals surface area contributed by atoms with E-state index in [2.05, 4.69) is 30.7 Å². The fourth-order valence-corrected chi connectivity index (χ4v) is 3.51. The number of halogens is 4. The minimum Gasteiger partial charge on any atom is -0.471 e. The second kappa shape index (κ2) is 10.1. The highest BCUT2D eigenvalue weighted by Crippen LogP contribution is 2.35. The molecule has 35 heavy (non-hydrogen) atoms. The van der Waals surface area contributed by atoms with Crippen molar-refractivity contribution in [3.8, 4) is 5.88 Å². The lowest BCUT2D eigenvalue weighted by atomic mass is 10.2. The van der Waals surface area contributed by atoms with Gasteiger partial charge in [0.2, 0.25) is 17.6 Å². The third kappa shape index (κ3) is 5.41. The highest BCUT2D eigenvalue weighted by Gasteiger charge is 2.19. The molecule has 0 saturated carbocycles. The van der Waals surface area contributed by atoms with Crippen molar-refractivity contribution in [2.45, 2.75) is 13.0 Å². The van der Waals surface area contributed by atoms with Crippen LogP contribution in [0, 0.1) is 0 Å². The number of fused-ring (bicyclic) bond motifs is 1. The summed E-state index contributed by atoms with van der Waals surface area (Å²) < 4.78 is 34.8. The van der Waals surface area contributed by atoms with Crippen LogP contribution in [0.1, 0.15) is 26.5 Å². The maximum Gasteiger partial charge on any atom is 0.290 e. The average molecular weight is 526 g/mol. The van der Waals surface area contributed by atoms with E-state index in [0.717, 1.165) is 0 Å². The number of H-pyrrole nitrogens is 1. The number of nitrogens with two attached hydrogens (primary N) is 1. The zero-order chi connectivity index (χ0) is 25.1. The lowest BCUT2D eigenvalue weighted by Gasteiger charge is -2.12. The van der Waals surface area contributed by atoms with E-state index >= 15 is 0 Å². The number of hydrogen-bond acceptors (Lipinski definition) is 8. The summed E-state index contributed by atoms with van der Waals surface area (Å²) in [5.41, 5.74) is 6.23. The molecule has 2 amide bonds. The number of carbonyl (C=O) groups is 2. The number of ether oxygens (including phenoxy) is 1. The first-order chi connectivity index (χ1) is 16.7. The van der Waals surface area contributed by atoms with Crippen molar-refractivity contribution in [2.75, 3.05) is 11.9 Å². The van der Waals surface area contributed by atoms with Gasteiger partial charge in [-0.15, -0.1) is 0 Å². The fraction of sp³-hybridized carbons (Fsp3) is 0.150. The largest absolute Gasteiger partial charge is 0.471 e. The van der Waals surface area contributed by atoms with Gasteiger partial charge in [-0.3, -0.25) is 9.59 Å². The van der Waals surface area contributed by atoms with Gasteiger partial charge in [0.05, 0.1) is 27.4 Å². The summed E-state index contributed by atoms with van der Waals surface area (Å²) in [4.78, 5) is 34.9. The number of amides is 2. The van der Waals surface area contributed by atoms with E-state index in [9.17, 15) is 18.4 Å². The van der Waals surface area contributed by atoms with E-state index in [0.29, 0.717) is 5.56 Å². The molecule has 0 aliphatic heterocycles. The van der Waals surface area contributed by atoms with E-state index in [1.54, 1.807) is 12.1 Å². The van der Waals surface area contributed by atoms with Crippen molar-refractivity contribution < 1.29 is 27.6 Å². The Bertz CT molecular complexity index is 1400. The van der Waals surface area contributed by atoms with Crippen LogP contribution in [0.5, 0.6) is 5.88 Å². The first-order valence-electron chi connectivity index (χ1n) is 9.77. The van der Waals surface area contributed by atoms with Crippen LogP contribution >= 0.6 is 23.2 Å². The van der Waals surface area contributed by atoms with Gasteiger partial charge in [-0.1, -0.05) is 34.4 Å². The van der Waals surface area contributed by atoms with Gasteiger partial charge >= 0.3 is 0 Å². The Morgan fingerprint density at radius 3 is 2.71 bits per heavy atom. The summed E-state index contributed by atoms with van der Waals surface area (Å²) in [5, 5.41) is 9.47. The van der Waals surface area contributed by atoms with Crippen LogP contribution in [0.15, 0.2) is 35.0 Å². The molecule has 0 unspecified atom stereocenters. The fourth-order valence-electron chi connectivity index (χ4n) is 2.97. The van der Waals surface area contributed by atoms with Crippen LogP contribution in [0.2, 0.25) is 10.0 Å². The molecule has 182 valence electrons. The van der Waals surface area contributed by atoms with Crippen molar-refractivity contribution in [3.63, 3.8) is 0 Å². The van der Waals surface area contributed by atoms with Crippen LogP contribution in [-0.4, -0.2) is 45.0 Å². The number of carbonyl (C=O) groups excluding carboxylic acids is 2.